The van der Waals surface area contributed by atoms with Crippen LogP contribution in [0.3, 0.4) is 0 Å². The summed E-state index contributed by atoms with van der Waals surface area (Å²) >= 11 is 0. The third-order valence-electron chi connectivity index (χ3n) is 0.770. The molecule has 0 aliphatic carbocycles. The van der Waals surface area contributed by atoms with Crippen LogP contribution >= 0.6 is 0 Å². The Hall–Kier alpha value is -0.0800. The van der Waals surface area contributed by atoms with Crippen molar-refractivity contribution in [2.75, 3.05) is 6.54 Å². The molecular formula is C5H12NO. The number of rotatable bonds is 3. The van der Waals surface area contributed by atoms with E-state index in [1.807, 2.05) is 0 Å². The smallest absolute Gasteiger partial charge is 0.0389 e. The third kappa shape index (κ3) is 5.92. The molecule has 0 heterocycles. The van der Waals surface area contributed by atoms with Crippen LogP contribution < -0.4 is 0 Å². The second kappa shape index (κ2) is 4.09. The fraction of sp³-hybridized carbons (Fsp3) is 0.800. The van der Waals surface area contributed by atoms with Crippen molar-refractivity contribution in [1.82, 2.24) is 5.06 Å². The molecule has 43 valence electrons. The first-order valence-electron chi connectivity index (χ1n) is 2.54. The molecule has 0 unspecified atom stereocenters. The van der Waals surface area contributed by atoms with E-state index in [2.05, 4.69) is 14.0 Å². The summed E-state index contributed by atoms with van der Waals surface area (Å²) in [6.45, 7) is 2.75. The zero-order chi connectivity index (χ0) is 5.70. The van der Waals surface area contributed by atoms with Gasteiger partial charge in [0.05, 0.1) is 0 Å². The average Bonchev–Trinajstić information content (AvgIpc) is 1.61. The van der Waals surface area contributed by atoms with Gasteiger partial charge in [-0.3, -0.25) is 0 Å². The van der Waals surface area contributed by atoms with Gasteiger partial charge in [0.2, 0.25) is 0 Å². The van der Waals surface area contributed by atoms with Crippen molar-refractivity contribution in [2.45, 2.75) is 19.8 Å². The highest BCUT2D eigenvalue weighted by Gasteiger charge is 1.85. The van der Waals surface area contributed by atoms with E-state index >= 15 is 0 Å². The van der Waals surface area contributed by atoms with Gasteiger partial charge in [-0.15, -0.1) is 0 Å². The molecular weight excluding hydrogens is 90.1 g/mol. The fourth-order valence-corrected chi connectivity index (χ4v) is 0.341. The Morgan fingerprint density at radius 3 is 2.43 bits per heavy atom. The van der Waals surface area contributed by atoms with Gasteiger partial charge in [-0.05, 0) is 6.42 Å². The Labute approximate surface area is 44.7 Å². The summed E-state index contributed by atoms with van der Waals surface area (Å²) in [4.78, 5) is 0. The van der Waals surface area contributed by atoms with Crippen LogP contribution in [0.1, 0.15) is 19.8 Å². The quantitative estimate of drug-likeness (QED) is 0.542. The van der Waals surface area contributed by atoms with Gasteiger partial charge in [0.25, 0.3) is 0 Å². The van der Waals surface area contributed by atoms with Crippen molar-refractivity contribution in [3.63, 3.8) is 0 Å². The molecule has 2 heteroatoms. The van der Waals surface area contributed by atoms with Gasteiger partial charge in [-0.1, -0.05) is 13.3 Å². The molecule has 0 aliphatic heterocycles. The maximum absolute atomic E-state index is 8.41. The van der Waals surface area contributed by atoms with E-state index in [0.29, 0.717) is 6.54 Å². The first-order chi connectivity index (χ1) is 3.27. The summed E-state index contributed by atoms with van der Waals surface area (Å²) in [5.41, 5.74) is 0. The number of nitrogens with zero attached hydrogens (tertiary/aromatic N) is 1. The van der Waals surface area contributed by atoms with Crippen LogP contribution in [-0.4, -0.2) is 16.8 Å². The number of hydroxylamine groups is 2. The summed E-state index contributed by atoms with van der Waals surface area (Å²) in [7, 11) is 3.26. The lowest BCUT2D eigenvalue weighted by molar-refractivity contribution is -0.0452. The molecule has 0 spiro atoms. The van der Waals surface area contributed by atoms with Gasteiger partial charge < -0.3 is 5.21 Å². The van der Waals surface area contributed by atoms with Gasteiger partial charge in [-0.25, -0.2) is 0 Å². The van der Waals surface area contributed by atoms with Gasteiger partial charge in [0.15, 0.2) is 0 Å². The minimum Gasteiger partial charge on any atom is -0.314 e. The molecule has 7 heavy (non-hydrogen) atoms. The summed E-state index contributed by atoms with van der Waals surface area (Å²) in [5, 5.41) is 9.37. The molecule has 0 aromatic heterocycles. The SMILES string of the molecule is [CH2]N(O)CCCC. The van der Waals surface area contributed by atoms with E-state index in [4.69, 9.17) is 5.21 Å². The Balaban J connectivity index is 2.68. The van der Waals surface area contributed by atoms with Crippen molar-refractivity contribution in [3.05, 3.63) is 7.05 Å². The lowest BCUT2D eigenvalue weighted by Gasteiger charge is -2.03. The Kier molecular flexibility index (Phi) is 4.04. The maximum atomic E-state index is 8.41. The number of hydrogen-bond acceptors (Lipinski definition) is 2. The maximum Gasteiger partial charge on any atom is 0.0389 e. The largest absolute Gasteiger partial charge is 0.314 e. The minimum atomic E-state index is 0.677. The van der Waals surface area contributed by atoms with Crippen LogP contribution in [-0.2, 0) is 0 Å². The highest BCUT2D eigenvalue weighted by molar-refractivity contribution is 4.38. The Morgan fingerprint density at radius 2 is 2.29 bits per heavy atom. The topological polar surface area (TPSA) is 23.5 Å². The van der Waals surface area contributed by atoms with E-state index in [1.165, 1.54) is 0 Å². The van der Waals surface area contributed by atoms with E-state index in [9.17, 15) is 0 Å². The molecule has 0 saturated carbocycles. The fourth-order valence-electron chi connectivity index (χ4n) is 0.341. The zero-order valence-corrected chi connectivity index (χ0v) is 4.72. The molecule has 0 atom stereocenters. The average molecular weight is 102 g/mol. The lowest BCUT2D eigenvalue weighted by Crippen LogP contribution is -2.10. The second-order valence-electron chi connectivity index (χ2n) is 1.58. The van der Waals surface area contributed by atoms with E-state index in [-0.39, 0.29) is 0 Å². The normalized spacial score (nSPS) is 10.3. The van der Waals surface area contributed by atoms with Gasteiger partial charge in [0.1, 0.15) is 0 Å². The molecule has 0 aromatic rings. The summed E-state index contributed by atoms with van der Waals surface area (Å²) < 4.78 is 0. The van der Waals surface area contributed by atoms with E-state index < -0.39 is 0 Å². The van der Waals surface area contributed by atoms with Gasteiger partial charge >= 0.3 is 0 Å². The first kappa shape index (κ1) is 6.92. The monoisotopic (exact) mass is 102 g/mol. The molecule has 1 N–H and O–H groups in total. The molecule has 0 fully saturated rings. The van der Waals surface area contributed by atoms with E-state index in [0.717, 1.165) is 17.9 Å². The minimum absolute atomic E-state index is 0.677. The predicted molar refractivity (Wildman–Crippen MR) is 28.8 cm³/mol. The van der Waals surface area contributed by atoms with Crippen molar-refractivity contribution < 1.29 is 5.21 Å². The van der Waals surface area contributed by atoms with Crippen LogP contribution in [0.4, 0.5) is 0 Å². The number of unbranched alkanes of at least 4 members (excludes halogenated alkanes) is 1. The van der Waals surface area contributed by atoms with Crippen LogP contribution in [0.15, 0.2) is 0 Å². The number of hydrogen-bond donors (Lipinski definition) is 1. The first-order valence-corrected chi connectivity index (χ1v) is 2.54. The molecule has 0 amide bonds. The summed E-state index contributed by atoms with van der Waals surface area (Å²) in [5.74, 6) is 0. The highest BCUT2D eigenvalue weighted by atomic mass is 16.5. The molecule has 0 saturated heterocycles. The second-order valence-corrected chi connectivity index (χ2v) is 1.58. The van der Waals surface area contributed by atoms with Crippen LogP contribution in [0.25, 0.3) is 0 Å². The van der Waals surface area contributed by atoms with Crippen molar-refractivity contribution in [3.8, 4) is 0 Å². The molecule has 1 radical (unpaired) electrons. The summed E-state index contributed by atoms with van der Waals surface area (Å²) in [6, 6.07) is 0. The van der Waals surface area contributed by atoms with Crippen molar-refractivity contribution >= 4 is 0 Å². The van der Waals surface area contributed by atoms with Crippen LogP contribution in [0.2, 0.25) is 0 Å². The predicted octanol–water partition coefficient (Wildman–Crippen LogP) is 1.27. The molecule has 2 nitrogen and oxygen atoms in total. The Morgan fingerprint density at radius 1 is 1.71 bits per heavy atom. The molecule has 0 aromatic carbocycles. The molecule has 0 rings (SSSR count). The zero-order valence-electron chi connectivity index (χ0n) is 4.72. The standard InChI is InChI=1S/C5H12NO/c1-3-4-5-6(2)7/h7H,2-5H2,1H3. The highest BCUT2D eigenvalue weighted by Crippen LogP contribution is 1.86. The molecule has 0 aliphatic rings. The van der Waals surface area contributed by atoms with Crippen LogP contribution in [0, 0.1) is 7.05 Å². The molecule has 0 bridgehead atoms. The Bertz CT molecular complexity index is 37.1. The van der Waals surface area contributed by atoms with Gasteiger partial charge in [0, 0.05) is 13.6 Å². The van der Waals surface area contributed by atoms with E-state index in [1.54, 1.807) is 0 Å². The van der Waals surface area contributed by atoms with Crippen molar-refractivity contribution in [2.24, 2.45) is 0 Å². The summed E-state index contributed by atoms with van der Waals surface area (Å²) in [6.07, 6.45) is 2.12. The third-order valence-corrected chi connectivity index (χ3v) is 0.770. The lowest BCUT2D eigenvalue weighted by atomic mass is 10.3. The van der Waals surface area contributed by atoms with Crippen molar-refractivity contribution in [1.29, 1.82) is 0 Å². The van der Waals surface area contributed by atoms with Crippen LogP contribution in [0.5, 0.6) is 0 Å². The van der Waals surface area contributed by atoms with Gasteiger partial charge in [-0.2, -0.15) is 5.06 Å².